The van der Waals surface area contributed by atoms with E-state index in [1.165, 1.54) is 6.07 Å². The quantitative estimate of drug-likeness (QED) is 0.748. The highest BCUT2D eigenvalue weighted by Crippen LogP contribution is 2.32. The molecule has 0 radical (unpaired) electrons. The van der Waals surface area contributed by atoms with Gasteiger partial charge < -0.3 is 5.32 Å². The van der Waals surface area contributed by atoms with Crippen LogP contribution < -0.4 is 10.0 Å². The predicted molar refractivity (Wildman–Crippen MR) is 110 cm³/mol. The number of aryl methyl sites for hydroxylation is 1. The Morgan fingerprint density at radius 1 is 0.926 bits per heavy atom. The van der Waals surface area contributed by atoms with Gasteiger partial charge in [-0.05, 0) is 41.5 Å². The van der Waals surface area contributed by atoms with Crippen molar-refractivity contribution in [2.75, 3.05) is 11.9 Å². The van der Waals surface area contributed by atoms with E-state index in [-0.39, 0.29) is 29.2 Å². The van der Waals surface area contributed by atoms with E-state index in [1.54, 1.807) is 25.1 Å². The van der Waals surface area contributed by atoms with Crippen molar-refractivity contribution in [2.24, 2.45) is 0 Å². The molecule has 0 bridgehead atoms. The first-order chi connectivity index (χ1) is 12.6. The molecule has 0 atom stereocenters. The predicted octanol–water partition coefficient (Wildman–Crippen LogP) is 4.16. The number of anilines is 1. The van der Waals surface area contributed by atoms with E-state index >= 15 is 0 Å². The smallest absolute Gasteiger partial charge is 0.241 e. The number of nitrogens with one attached hydrogen (secondary N) is 2. The largest absolute Gasteiger partial charge is 0.324 e. The van der Waals surface area contributed by atoms with E-state index in [4.69, 9.17) is 0 Å². The minimum atomic E-state index is -3.74. The molecule has 6 heteroatoms. The Balaban J connectivity index is 2.18. The van der Waals surface area contributed by atoms with E-state index < -0.39 is 10.0 Å². The molecule has 2 aromatic carbocycles. The van der Waals surface area contributed by atoms with Crippen LogP contribution in [0.25, 0.3) is 0 Å². The Hall–Kier alpha value is -2.18. The lowest BCUT2D eigenvalue weighted by Gasteiger charge is -2.20. The maximum Gasteiger partial charge on any atom is 0.241 e. The van der Waals surface area contributed by atoms with Crippen molar-refractivity contribution < 1.29 is 13.2 Å². The molecule has 27 heavy (non-hydrogen) atoms. The van der Waals surface area contributed by atoms with Crippen molar-refractivity contribution in [3.05, 3.63) is 59.2 Å². The summed E-state index contributed by atoms with van der Waals surface area (Å²) in [7, 11) is -3.74. The van der Waals surface area contributed by atoms with Gasteiger partial charge in [0.25, 0.3) is 0 Å². The molecule has 0 unspecified atom stereocenters. The van der Waals surface area contributed by atoms with Gasteiger partial charge in [0.15, 0.2) is 0 Å². The second kappa shape index (κ2) is 8.67. The van der Waals surface area contributed by atoms with E-state index in [0.717, 1.165) is 16.8 Å². The summed E-state index contributed by atoms with van der Waals surface area (Å²) in [6, 6.07) is 12.7. The first kappa shape index (κ1) is 21.1. The monoisotopic (exact) mass is 388 g/mol. The number of rotatable bonds is 7. The van der Waals surface area contributed by atoms with Gasteiger partial charge in [0, 0.05) is 5.69 Å². The molecule has 1 amide bonds. The van der Waals surface area contributed by atoms with Gasteiger partial charge in [0.2, 0.25) is 15.9 Å². The molecule has 0 aliphatic carbocycles. The molecule has 2 N–H and O–H groups in total. The highest BCUT2D eigenvalue weighted by molar-refractivity contribution is 7.89. The van der Waals surface area contributed by atoms with Gasteiger partial charge in [-0.1, -0.05) is 64.1 Å². The first-order valence-electron chi connectivity index (χ1n) is 9.11. The van der Waals surface area contributed by atoms with Crippen molar-refractivity contribution in [3.8, 4) is 0 Å². The molecule has 0 aliphatic rings. The fourth-order valence-electron chi connectivity index (χ4n) is 2.98. The second-order valence-corrected chi connectivity index (χ2v) is 8.99. The molecule has 2 aromatic rings. The summed E-state index contributed by atoms with van der Waals surface area (Å²) in [5.74, 6) is 0.0903. The van der Waals surface area contributed by atoms with Gasteiger partial charge in [0.05, 0.1) is 11.4 Å². The van der Waals surface area contributed by atoms with Crippen molar-refractivity contribution in [3.63, 3.8) is 0 Å². The van der Waals surface area contributed by atoms with Gasteiger partial charge in [-0.3, -0.25) is 4.79 Å². The minimum Gasteiger partial charge on any atom is -0.324 e. The lowest BCUT2D eigenvalue weighted by atomic mass is 9.92. The molecule has 0 saturated carbocycles. The maximum absolute atomic E-state index is 12.5. The van der Waals surface area contributed by atoms with E-state index in [1.807, 2.05) is 18.2 Å². The van der Waals surface area contributed by atoms with Gasteiger partial charge in [0.1, 0.15) is 0 Å². The molecule has 0 spiro atoms. The SMILES string of the molecule is Cc1ccccc1S(=O)(=O)NCC(=O)Nc1c(C(C)C)cccc1C(C)C. The summed E-state index contributed by atoms with van der Waals surface area (Å²) < 4.78 is 27.3. The fraction of sp³-hybridized carbons (Fsp3) is 0.381. The Morgan fingerprint density at radius 2 is 1.48 bits per heavy atom. The zero-order valence-corrected chi connectivity index (χ0v) is 17.4. The molecule has 2 rings (SSSR count). The zero-order valence-electron chi connectivity index (χ0n) is 16.5. The van der Waals surface area contributed by atoms with E-state index in [0.29, 0.717) is 5.56 Å². The van der Waals surface area contributed by atoms with Crippen LogP contribution in [-0.2, 0) is 14.8 Å². The molecule has 0 aromatic heterocycles. The lowest BCUT2D eigenvalue weighted by Crippen LogP contribution is -2.33. The molecule has 146 valence electrons. The molecule has 0 saturated heterocycles. The van der Waals surface area contributed by atoms with Crippen LogP contribution in [0.4, 0.5) is 5.69 Å². The molecule has 0 heterocycles. The Morgan fingerprint density at radius 3 is 2.00 bits per heavy atom. The van der Waals surface area contributed by atoms with Crippen LogP contribution in [0.2, 0.25) is 0 Å². The number of amides is 1. The summed E-state index contributed by atoms with van der Waals surface area (Å²) in [4.78, 5) is 12.7. The standard InChI is InChI=1S/C21H28N2O3S/c1-14(2)17-10-8-11-18(15(3)4)21(17)23-20(24)13-22-27(25,26)19-12-7-6-9-16(19)5/h6-12,14-15,22H,13H2,1-5H3,(H,23,24). The average molecular weight is 389 g/mol. The summed E-state index contributed by atoms with van der Waals surface area (Å²) >= 11 is 0. The average Bonchev–Trinajstić information content (AvgIpc) is 2.60. The Kier molecular flexibility index (Phi) is 6.78. The molecular weight excluding hydrogens is 360 g/mol. The summed E-state index contributed by atoms with van der Waals surface area (Å²) in [5.41, 5.74) is 3.49. The molecular formula is C21H28N2O3S. The van der Waals surface area contributed by atoms with Crippen molar-refractivity contribution in [1.82, 2.24) is 4.72 Å². The van der Waals surface area contributed by atoms with Crippen molar-refractivity contribution in [1.29, 1.82) is 0 Å². The number of carbonyl (C=O) groups excluding carboxylic acids is 1. The molecule has 0 aliphatic heterocycles. The third kappa shape index (κ3) is 5.17. The van der Waals surface area contributed by atoms with Crippen LogP contribution in [0, 0.1) is 6.92 Å². The topological polar surface area (TPSA) is 75.3 Å². The van der Waals surface area contributed by atoms with Crippen LogP contribution >= 0.6 is 0 Å². The van der Waals surface area contributed by atoms with Crippen LogP contribution in [0.5, 0.6) is 0 Å². The van der Waals surface area contributed by atoms with Gasteiger partial charge >= 0.3 is 0 Å². The Bertz CT molecular complexity index is 893. The van der Waals surface area contributed by atoms with Gasteiger partial charge in [-0.15, -0.1) is 0 Å². The first-order valence-corrected chi connectivity index (χ1v) is 10.6. The zero-order chi connectivity index (χ0) is 20.2. The van der Waals surface area contributed by atoms with E-state index in [9.17, 15) is 13.2 Å². The minimum absolute atomic E-state index is 0.184. The molecule has 0 fully saturated rings. The summed E-state index contributed by atoms with van der Waals surface area (Å²) in [6.07, 6.45) is 0. The van der Waals surface area contributed by atoms with E-state index in [2.05, 4.69) is 37.7 Å². The highest BCUT2D eigenvalue weighted by Gasteiger charge is 2.19. The van der Waals surface area contributed by atoms with Gasteiger partial charge in [-0.25, -0.2) is 13.1 Å². The number of benzene rings is 2. The van der Waals surface area contributed by atoms with Crippen LogP contribution in [-0.4, -0.2) is 20.9 Å². The number of sulfonamides is 1. The van der Waals surface area contributed by atoms with Crippen molar-refractivity contribution in [2.45, 2.75) is 51.3 Å². The Labute approximate surface area is 162 Å². The third-order valence-corrected chi connectivity index (χ3v) is 6.00. The number of hydrogen-bond acceptors (Lipinski definition) is 3. The summed E-state index contributed by atoms with van der Waals surface area (Å²) in [6.45, 7) is 9.67. The highest BCUT2D eigenvalue weighted by atomic mass is 32.2. The number of carbonyl (C=O) groups is 1. The normalized spacial score (nSPS) is 11.8. The van der Waals surface area contributed by atoms with Crippen LogP contribution in [0.1, 0.15) is 56.2 Å². The van der Waals surface area contributed by atoms with Crippen LogP contribution in [0.3, 0.4) is 0 Å². The van der Waals surface area contributed by atoms with Crippen LogP contribution in [0.15, 0.2) is 47.4 Å². The maximum atomic E-state index is 12.5. The van der Waals surface area contributed by atoms with Gasteiger partial charge in [-0.2, -0.15) is 0 Å². The summed E-state index contributed by atoms with van der Waals surface area (Å²) in [5, 5.41) is 2.91. The number of para-hydroxylation sites is 1. The lowest BCUT2D eigenvalue weighted by molar-refractivity contribution is -0.115. The third-order valence-electron chi connectivity index (χ3n) is 4.44. The second-order valence-electron chi connectivity index (χ2n) is 7.26. The van der Waals surface area contributed by atoms with Crippen molar-refractivity contribution >= 4 is 21.6 Å². The molecule has 5 nitrogen and oxygen atoms in total. The fourth-order valence-corrected chi connectivity index (χ4v) is 4.20. The number of hydrogen-bond donors (Lipinski definition) is 2.